The highest BCUT2D eigenvalue weighted by atomic mass is 35.5. The number of carbonyl (C=O) groups excluding carboxylic acids is 2. The Hall–Kier alpha value is -1.39. The monoisotopic (exact) mass is 438 g/mol. The van der Waals surface area contributed by atoms with Crippen molar-refractivity contribution < 1.29 is 27.9 Å². The van der Waals surface area contributed by atoms with Gasteiger partial charge in [-0.25, -0.2) is 8.42 Å². The Morgan fingerprint density at radius 3 is 2.44 bits per heavy atom. The van der Waals surface area contributed by atoms with Gasteiger partial charge in [-0.15, -0.1) is 0 Å². The first-order valence-corrected chi connectivity index (χ1v) is 10.5. The lowest BCUT2D eigenvalue weighted by atomic mass is 10.2. The molecule has 1 aliphatic rings. The number of ether oxygens (including phenoxy) is 1. The molecule has 1 amide bonds. The van der Waals surface area contributed by atoms with Crippen LogP contribution in [0.2, 0.25) is 10.0 Å². The SMILES string of the molecule is C[C@@H](O)[C@@H](NS(=O)(=O)c1ccc(Cl)c(Cl)c1)C(=O)OCC(=O)N1CCCC1. The van der Waals surface area contributed by atoms with Crippen LogP contribution in [0.5, 0.6) is 0 Å². The molecule has 2 rings (SSSR count). The molecule has 0 aromatic heterocycles. The minimum absolute atomic E-state index is 0.0203. The summed E-state index contributed by atoms with van der Waals surface area (Å²) in [5.74, 6) is -1.42. The largest absolute Gasteiger partial charge is 0.454 e. The van der Waals surface area contributed by atoms with E-state index in [1.54, 1.807) is 4.90 Å². The van der Waals surface area contributed by atoms with Crippen molar-refractivity contribution >= 4 is 45.1 Å². The van der Waals surface area contributed by atoms with Crippen molar-refractivity contribution in [2.45, 2.75) is 36.8 Å². The fourth-order valence-electron chi connectivity index (χ4n) is 2.50. The summed E-state index contributed by atoms with van der Waals surface area (Å²) in [6.07, 6.45) is 0.385. The lowest BCUT2D eigenvalue weighted by Gasteiger charge is -2.21. The molecule has 11 heteroatoms. The smallest absolute Gasteiger partial charge is 0.327 e. The second kappa shape index (κ2) is 9.20. The van der Waals surface area contributed by atoms with Gasteiger partial charge < -0.3 is 14.7 Å². The summed E-state index contributed by atoms with van der Waals surface area (Å²) in [7, 11) is -4.19. The number of nitrogens with one attached hydrogen (secondary N) is 1. The van der Waals surface area contributed by atoms with E-state index >= 15 is 0 Å². The number of esters is 1. The number of benzene rings is 1. The summed E-state index contributed by atoms with van der Waals surface area (Å²) in [4.78, 5) is 25.5. The number of aliphatic hydroxyl groups excluding tert-OH is 1. The van der Waals surface area contributed by atoms with Gasteiger partial charge in [0.1, 0.15) is 6.04 Å². The molecule has 8 nitrogen and oxygen atoms in total. The Kier molecular flexibility index (Phi) is 7.47. The molecule has 1 fully saturated rings. The summed E-state index contributed by atoms with van der Waals surface area (Å²) in [6, 6.07) is 2.03. The predicted molar refractivity (Wildman–Crippen MR) is 99.0 cm³/mol. The zero-order chi connectivity index (χ0) is 20.2. The molecule has 0 bridgehead atoms. The highest BCUT2D eigenvalue weighted by Gasteiger charge is 2.32. The molecule has 1 aromatic rings. The van der Waals surface area contributed by atoms with Crippen molar-refractivity contribution in [3.63, 3.8) is 0 Å². The van der Waals surface area contributed by atoms with Crippen molar-refractivity contribution in [1.82, 2.24) is 9.62 Å². The molecule has 0 aliphatic carbocycles. The molecule has 0 unspecified atom stereocenters. The predicted octanol–water partition coefficient (Wildman–Crippen LogP) is 1.19. The summed E-state index contributed by atoms with van der Waals surface area (Å²) < 4.78 is 31.9. The fraction of sp³-hybridized carbons (Fsp3) is 0.500. The van der Waals surface area contributed by atoms with Gasteiger partial charge in [-0.3, -0.25) is 9.59 Å². The molecular formula is C16H20Cl2N2O6S. The Balaban J connectivity index is 2.05. The molecule has 1 heterocycles. The van der Waals surface area contributed by atoms with E-state index in [2.05, 4.69) is 4.72 Å². The first kappa shape index (κ1) is 21.9. The number of rotatable bonds is 7. The molecular weight excluding hydrogens is 419 g/mol. The topological polar surface area (TPSA) is 113 Å². The highest BCUT2D eigenvalue weighted by Crippen LogP contribution is 2.25. The van der Waals surface area contributed by atoms with Crippen LogP contribution in [0.15, 0.2) is 23.1 Å². The van der Waals surface area contributed by atoms with Crippen LogP contribution in [-0.4, -0.2) is 62.1 Å². The average molecular weight is 439 g/mol. The lowest BCUT2D eigenvalue weighted by Crippen LogP contribution is -2.49. The number of halogens is 2. The van der Waals surface area contributed by atoms with E-state index in [4.69, 9.17) is 27.9 Å². The Labute approximate surface area is 167 Å². The van der Waals surface area contributed by atoms with Gasteiger partial charge in [0, 0.05) is 13.1 Å². The zero-order valence-corrected chi connectivity index (χ0v) is 16.9. The van der Waals surface area contributed by atoms with Crippen molar-refractivity contribution in [2.75, 3.05) is 19.7 Å². The number of aliphatic hydroxyl groups is 1. The van der Waals surface area contributed by atoms with Gasteiger partial charge in [-0.1, -0.05) is 23.2 Å². The van der Waals surface area contributed by atoms with Crippen molar-refractivity contribution in [3.05, 3.63) is 28.2 Å². The van der Waals surface area contributed by atoms with Crippen molar-refractivity contribution in [3.8, 4) is 0 Å². The Morgan fingerprint density at radius 1 is 1.26 bits per heavy atom. The average Bonchev–Trinajstić information content (AvgIpc) is 3.14. The van der Waals surface area contributed by atoms with E-state index in [0.717, 1.165) is 18.9 Å². The molecule has 0 saturated carbocycles. The second-order valence-electron chi connectivity index (χ2n) is 6.11. The van der Waals surface area contributed by atoms with Gasteiger partial charge in [0.2, 0.25) is 10.0 Å². The molecule has 2 N–H and O–H groups in total. The van der Waals surface area contributed by atoms with Gasteiger partial charge in [0.05, 0.1) is 21.0 Å². The Bertz CT molecular complexity index is 809. The van der Waals surface area contributed by atoms with Crippen LogP contribution in [0, 0.1) is 0 Å². The fourth-order valence-corrected chi connectivity index (χ4v) is 4.15. The van der Waals surface area contributed by atoms with Crippen LogP contribution in [0.3, 0.4) is 0 Å². The minimum Gasteiger partial charge on any atom is -0.454 e. The van der Waals surface area contributed by atoms with Crippen LogP contribution in [-0.2, 0) is 24.3 Å². The molecule has 0 spiro atoms. The van der Waals surface area contributed by atoms with Crippen LogP contribution in [0.25, 0.3) is 0 Å². The van der Waals surface area contributed by atoms with E-state index in [-0.39, 0.29) is 20.8 Å². The minimum atomic E-state index is -4.19. The third kappa shape index (κ3) is 5.79. The first-order valence-electron chi connectivity index (χ1n) is 8.21. The number of likely N-dealkylation sites (tertiary alicyclic amines) is 1. The van der Waals surface area contributed by atoms with Crippen LogP contribution >= 0.6 is 23.2 Å². The van der Waals surface area contributed by atoms with E-state index < -0.39 is 34.7 Å². The van der Waals surface area contributed by atoms with Crippen LogP contribution in [0.1, 0.15) is 19.8 Å². The third-order valence-corrected chi connectivity index (χ3v) is 6.19. The first-order chi connectivity index (χ1) is 12.6. The molecule has 2 atom stereocenters. The van der Waals surface area contributed by atoms with Gasteiger partial charge >= 0.3 is 5.97 Å². The number of sulfonamides is 1. The number of nitrogens with zero attached hydrogens (tertiary/aromatic N) is 1. The standard InChI is InChI=1S/C16H20Cl2N2O6S/c1-10(21)15(16(23)26-9-14(22)20-6-2-3-7-20)19-27(24,25)11-4-5-12(17)13(18)8-11/h4-5,8,10,15,19,21H,2-3,6-7,9H2,1H3/t10-,15-/m1/s1. The number of amides is 1. The normalized spacial score (nSPS) is 16.8. The maximum atomic E-state index is 12.5. The summed E-state index contributed by atoms with van der Waals surface area (Å²) >= 11 is 11.6. The lowest BCUT2D eigenvalue weighted by molar-refractivity contribution is -0.155. The molecule has 1 aromatic carbocycles. The van der Waals surface area contributed by atoms with Crippen molar-refractivity contribution in [1.29, 1.82) is 0 Å². The Morgan fingerprint density at radius 2 is 1.89 bits per heavy atom. The van der Waals surface area contributed by atoms with E-state index in [1.165, 1.54) is 19.1 Å². The number of hydrogen-bond acceptors (Lipinski definition) is 6. The quantitative estimate of drug-likeness (QED) is 0.618. The van der Waals surface area contributed by atoms with Crippen LogP contribution in [0.4, 0.5) is 0 Å². The third-order valence-electron chi connectivity index (χ3n) is 4.02. The van der Waals surface area contributed by atoms with Gasteiger partial charge in [0.15, 0.2) is 6.61 Å². The molecule has 150 valence electrons. The van der Waals surface area contributed by atoms with E-state index in [9.17, 15) is 23.1 Å². The van der Waals surface area contributed by atoms with Crippen LogP contribution < -0.4 is 4.72 Å². The summed E-state index contributed by atoms with van der Waals surface area (Å²) in [5.41, 5.74) is 0. The summed E-state index contributed by atoms with van der Waals surface area (Å²) in [5, 5.41) is 9.99. The van der Waals surface area contributed by atoms with Crippen molar-refractivity contribution in [2.24, 2.45) is 0 Å². The highest BCUT2D eigenvalue weighted by molar-refractivity contribution is 7.89. The summed E-state index contributed by atoms with van der Waals surface area (Å²) in [6.45, 7) is 1.91. The van der Waals surface area contributed by atoms with E-state index in [0.29, 0.717) is 13.1 Å². The zero-order valence-electron chi connectivity index (χ0n) is 14.5. The number of hydrogen-bond donors (Lipinski definition) is 2. The van der Waals surface area contributed by atoms with Gasteiger partial charge in [-0.2, -0.15) is 4.72 Å². The molecule has 1 saturated heterocycles. The second-order valence-corrected chi connectivity index (χ2v) is 8.64. The molecule has 27 heavy (non-hydrogen) atoms. The number of carbonyl (C=O) groups is 2. The maximum absolute atomic E-state index is 12.5. The molecule has 1 aliphatic heterocycles. The maximum Gasteiger partial charge on any atom is 0.327 e. The van der Waals surface area contributed by atoms with Gasteiger partial charge in [-0.05, 0) is 38.0 Å². The molecule has 0 radical (unpaired) electrons. The van der Waals surface area contributed by atoms with E-state index in [1.807, 2.05) is 0 Å². The van der Waals surface area contributed by atoms with Gasteiger partial charge in [0.25, 0.3) is 5.91 Å².